The second-order valence-corrected chi connectivity index (χ2v) is 4.16. The van der Waals surface area contributed by atoms with Gasteiger partial charge in [-0.2, -0.15) is 13.2 Å². The van der Waals surface area contributed by atoms with Crippen LogP contribution in [0.3, 0.4) is 0 Å². The lowest BCUT2D eigenvalue weighted by Crippen LogP contribution is -2.26. The molecule has 0 aromatic heterocycles. The first-order valence-electron chi connectivity index (χ1n) is 5.25. The maximum atomic E-state index is 13.3. The minimum Gasteiger partial charge on any atom is -0.370 e. The Labute approximate surface area is 108 Å². The topological polar surface area (TPSA) is 29.3 Å². The number of nitrogens with zero attached hydrogens (tertiary/aromatic N) is 1. The molecule has 2 N–H and O–H groups in total. The van der Waals surface area contributed by atoms with Crippen molar-refractivity contribution in [2.45, 2.75) is 18.6 Å². The third kappa shape index (κ3) is 3.05. The summed E-state index contributed by atoms with van der Waals surface area (Å²) in [5.41, 5.74) is 4.90. The molecule has 7 heteroatoms. The molecular weight excluding hydrogens is 272 g/mol. The van der Waals surface area contributed by atoms with E-state index < -0.39 is 17.6 Å². The smallest absolute Gasteiger partial charge is 0.370 e. The Kier molecular flexibility index (Phi) is 4.45. The normalized spacial score (nSPS) is 19.8. The van der Waals surface area contributed by atoms with E-state index in [1.165, 1.54) is 6.07 Å². The van der Waals surface area contributed by atoms with Crippen LogP contribution in [0.5, 0.6) is 0 Å². The van der Waals surface area contributed by atoms with E-state index in [2.05, 4.69) is 0 Å². The largest absolute Gasteiger partial charge is 0.419 e. The summed E-state index contributed by atoms with van der Waals surface area (Å²) in [6, 6.07) is 2.97. The third-order valence-electron chi connectivity index (χ3n) is 2.85. The lowest BCUT2D eigenvalue weighted by Gasteiger charge is -2.19. The first-order valence-corrected chi connectivity index (χ1v) is 5.25. The molecule has 0 spiro atoms. The van der Waals surface area contributed by atoms with Crippen molar-refractivity contribution in [3.63, 3.8) is 0 Å². The Morgan fingerprint density at radius 2 is 1.94 bits per heavy atom. The molecule has 0 amide bonds. The molecule has 1 aliphatic heterocycles. The third-order valence-corrected chi connectivity index (χ3v) is 2.85. The summed E-state index contributed by atoms with van der Waals surface area (Å²) in [6.45, 7) is 1.19. The van der Waals surface area contributed by atoms with Gasteiger partial charge in [-0.1, -0.05) is 0 Å². The van der Waals surface area contributed by atoms with Gasteiger partial charge in [0.1, 0.15) is 5.82 Å². The second-order valence-electron chi connectivity index (χ2n) is 4.16. The Balaban J connectivity index is 0.00000162. The molecule has 102 valence electrons. The highest BCUT2D eigenvalue weighted by atomic mass is 35.5. The second kappa shape index (κ2) is 5.32. The monoisotopic (exact) mass is 284 g/mol. The predicted molar refractivity (Wildman–Crippen MR) is 63.5 cm³/mol. The molecule has 0 saturated carbocycles. The molecule has 1 aromatic rings. The van der Waals surface area contributed by atoms with Crippen LogP contribution in [0.1, 0.15) is 12.0 Å². The van der Waals surface area contributed by atoms with E-state index in [0.717, 1.165) is 18.6 Å². The Bertz CT molecular complexity index is 422. The molecule has 0 aliphatic carbocycles. The summed E-state index contributed by atoms with van der Waals surface area (Å²) < 4.78 is 50.4. The van der Waals surface area contributed by atoms with Crippen LogP contribution in [0.2, 0.25) is 0 Å². The van der Waals surface area contributed by atoms with Gasteiger partial charge < -0.3 is 10.6 Å². The fourth-order valence-corrected chi connectivity index (χ4v) is 1.95. The van der Waals surface area contributed by atoms with Crippen LogP contribution in [-0.2, 0) is 6.18 Å². The van der Waals surface area contributed by atoms with Crippen molar-refractivity contribution in [3.8, 4) is 0 Å². The fourth-order valence-electron chi connectivity index (χ4n) is 1.95. The molecule has 0 radical (unpaired) electrons. The van der Waals surface area contributed by atoms with E-state index in [-0.39, 0.29) is 18.4 Å². The van der Waals surface area contributed by atoms with Crippen molar-refractivity contribution < 1.29 is 17.6 Å². The SMILES string of the molecule is Cl.N[C@@H]1CCN(c2ccc(C(F)(F)F)c(F)c2)C1. The summed E-state index contributed by atoms with van der Waals surface area (Å²) in [7, 11) is 0. The molecule has 1 aliphatic rings. The standard InChI is InChI=1S/C11H12F4N2.ClH/c12-10-5-8(17-4-3-7(16)6-17)1-2-9(10)11(13,14)15;/h1-2,5,7H,3-4,6,16H2;1H/t7-;/m1./s1. The number of hydrogen-bond donors (Lipinski definition) is 1. The zero-order valence-corrected chi connectivity index (χ0v) is 10.2. The maximum Gasteiger partial charge on any atom is 0.419 e. The minimum atomic E-state index is -4.65. The van der Waals surface area contributed by atoms with Gasteiger partial charge in [0.15, 0.2) is 0 Å². The van der Waals surface area contributed by atoms with Gasteiger partial charge in [0.2, 0.25) is 0 Å². The summed E-state index contributed by atoms with van der Waals surface area (Å²) in [6.07, 6.45) is -3.88. The Hall–Kier alpha value is -1.01. The van der Waals surface area contributed by atoms with Gasteiger partial charge in [0, 0.05) is 24.8 Å². The molecular formula is C11H13ClF4N2. The number of halogens is 5. The summed E-state index contributed by atoms with van der Waals surface area (Å²) in [4.78, 5) is 1.79. The van der Waals surface area contributed by atoms with Crippen LogP contribution >= 0.6 is 12.4 Å². The lowest BCUT2D eigenvalue weighted by atomic mass is 10.1. The lowest BCUT2D eigenvalue weighted by molar-refractivity contribution is -0.139. The van der Waals surface area contributed by atoms with Crippen molar-refractivity contribution in [1.82, 2.24) is 0 Å². The van der Waals surface area contributed by atoms with Crippen LogP contribution in [0, 0.1) is 5.82 Å². The number of nitrogens with two attached hydrogens (primary N) is 1. The van der Waals surface area contributed by atoms with Gasteiger partial charge in [0.25, 0.3) is 0 Å². The summed E-state index contributed by atoms with van der Waals surface area (Å²) in [5, 5.41) is 0. The highest BCUT2D eigenvalue weighted by Gasteiger charge is 2.34. The van der Waals surface area contributed by atoms with Crippen molar-refractivity contribution in [1.29, 1.82) is 0 Å². The molecule has 0 unspecified atom stereocenters. The van der Waals surface area contributed by atoms with E-state index in [4.69, 9.17) is 5.73 Å². The van der Waals surface area contributed by atoms with Gasteiger partial charge in [0.05, 0.1) is 5.56 Å². The fraction of sp³-hybridized carbons (Fsp3) is 0.455. The quantitative estimate of drug-likeness (QED) is 0.804. The van der Waals surface area contributed by atoms with Gasteiger partial charge in [-0.15, -0.1) is 12.4 Å². The molecule has 1 fully saturated rings. The first kappa shape index (κ1) is 15.0. The molecule has 2 rings (SSSR count). The Morgan fingerprint density at radius 3 is 2.39 bits per heavy atom. The van der Waals surface area contributed by atoms with Gasteiger partial charge in [-0.3, -0.25) is 0 Å². The van der Waals surface area contributed by atoms with E-state index in [1.807, 2.05) is 0 Å². The predicted octanol–water partition coefficient (Wildman–Crippen LogP) is 2.80. The van der Waals surface area contributed by atoms with E-state index in [0.29, 0.717) is 18.8 Å². The highest BCUT2D eigenvalue weighted by Crippen LogP contribution is 2.33. The summed E-state index contributed by atoms with van der Waals surface area (Å²) in [5.74, 6) is -1.24. The average Bonchev–Trinajstić information content (AvgIpc) is 2.62. The Morgan fingerprint density at radius 1 is 1.28 bits per heavy atom. The number of hydrogen-bond acceptors (Lipinski definition) is 2. The molecule has 1 saturated heterocycles. The molecule has 1 atom stereocenters. The van der Waals surface area contributed by atoms with Gasteiger partial charge in [-0.05, 0) is 24.6 Å². The molecule has 0 bridgehead atoms. The van der Waals surface area contributed by atoms with Crippen LogP contribution in [-0.4, -0.2) is 19.1 Å². The molecule has 1 heterocycles. The van der Waals surface area contributed by atoms with E-state index in [1.54, 1.807) is 4.90 Å². The van der Waals surface area contributed by atoms with Crippen molar-refractivity contribution in [3.05, 3.63) is 29.6 Å². The van der Waals surface area contributed by atoms with Gasteiger partial charge >= 0.3 is 6.18 Å². The maximum absolute atomic E-state index is 13.3. The van der Waals surface area contributed by atoms with E-state index >= 15 is 0 Å². The first-order chi connectivity index (χ1) is 7.88. The van der Waals surface area contributed by atoms with Crippen LogP contribution in [0.25, 0.3) is 0 Å². The van der Waals surface area contributed by atoms with Crippen LogP contribution in [0.15, 0.2) is 18.2 Å². The number of anilines is 1. The zero-order valence-electron chi connectivity index (χ0n) is 9.38. The van der Waals surface area contributed by atoms with E-state index in [9.17, 15) is 17.6 Å². The van der Waals surface area contributed by atoms with Crippen LogP contribution < -0.4 is 10.6 Å². The number of rotatable bonds is 1. The molecule has 18 heavy (non-hydrogen) atoms. The zero-order chi connectivity index (χ0) is 12.6. The number of benzene rings is 1. The van der Waals surface area contributed by atoms with Crippen molar-refractivity contribution in [2.75, 3.05) is 18.0 Å². The van der Waals surface area contributed by atoms with Gasteiger partial charge in [-0.25, -0.2) is 4.39 Å². The molecule has 2 nitrogen and oxygen atoms in total. The average molecular weight is 285 g/mol. The molecule has 1 aromatic carbocycles. The highest BCUT2D eigenvalue weighted by molar-refractivity contribution is 5.85. The number of alkyl halides is 3. The van der Waals surface area contributed by atoms with Crippen LogP contribution in [0.4, 0.5) is 23.2 Å². The van der Waals surface area contributed by atoms with Crippen molar-refractivity contribution >= 4 is 18.1 Å². The summed E-state index contributed by atoms with van der Waals surface area (Å²) >= 11 is 0. The minimum absolute atomic E-state index is 0. The van der Waals surface area contributed by atoms with Crippen molar-refractivity contribution in [2.24, 2.45) is 5.73 Å².